The van der Waals surface area contributed by atoms with Crippen LogP contribution in [0.25, 0.3) is 0 Å². The molecule has 0 atom stereocenters. The lowest BCUT2D eigenvalue weighted by Crippen LogP contribution is -2.45. The Morgan fingerprint density at radius 1 is 1.12 bits per heavy atom. The highest BCUT2D eigenvalue weighted by Crippen LogP contribution is 2.24. The predicted molar refractivity (Wildman–Crippen MR) is 93.8 cm³/mol. The molecule has 130 valence electrons. The first-order valence-corrected chi connectivity index (χ1v) is 8.39. The second-order valence-corrected chi connectivity index (χ2v) is 7.44. The summed E-state index contributed by atoms with van der Waals surface area (Å²) in [5, 5.41) is 2.89. The average molecular weight is 330 g/mol. The second kappa shape index (κ2) is 7.16. The minimum atomic E-state index is -0.387. The number of nitrogens with zero attached hydrogens (tertiary/aromatic N) is 1. The molecule has 0 saturated carbocycles. The van der Waals surface area contributed by atoms with Crippen molar-refractivity contribution in [1.82, 2.24) is 4.90 Å². The van der Waals surface area contributed by atoms with E-state index in [-0.39, 0.29) is 28.9 Å². The van der Waals surface area contributed by atoms with Crippen LogP contribution in [0.3, 0.4) is 0 Å². The highest BCUT2D eigenvalue weighted by Gasteiger charge is 2.32. The van der Waals surface area contributed by atoms with Crippen molar-refractivity contribution in [2.75, 3.05) is 18.4 Å². The van der Waals surface area contributed by atoms with Crippen LogP contribution in [0, 0.1) is 11.3 Å². The van der Waals surface area contributed by atoms with E-state index in [4.69, 9.17) is 0 Å². The van der Waals surface area contributed by atoms with Crippen LogP contribution >= 0.6 is 0 Å². The molecule has 1 saturated heterocycles. The summed E-state index contributed by atoms with van der Waals surface area (Å²) < 4.78 is 0. The van der Waals surface area contributed by atoms with E-state index in [1.807, 2.05) is 25.7 Å². The fourth-order valence-corrected chi connectivity index (χ4v) is 2.88. The quantitative estimate of drug-likeness (QED) is 0.866. The Morgan fingerprint density at radius 3 is 2.29 bits per heavy atom. The monoisotopic (exact) mass is 330 g/mol. The van der Waals surface area contributed by atoms with Crippen LogP contribution < -0.4 is 5.32 Å². The van der Waals surface area contributed by atoms with Crippen LogP contribution in [0.5, 0.6) is 0 Å². The van der Waals surface area contributed by atoms with Crippen LogP contribution in [0.15, 0.2) is 24.3 Å². The van der Waals surface area contributed by atoms with Gasteiger partial charge < -0.3 is 10.2 Å². The molecule has 0 unspecified atom stereocenters. The molecule has 5 nitrogen and oxygen atoms in total. The lowest BCUT2D eigenvalue weighted by Gasteiger charge is -2.35. The topological polar surface area (TPSA) is 66.5 Å². The molecule has 2 rings (SSSR count). The number of benzene rings is 1. The molecule has 0 aliphatic carbocycles. The van der Waals surface area contributed by atoms with Crippen LogP contribution in [0.4, 0.5) is 5.69 Å². The van der Waals surface area contributed by atoms with Crippen molar-refractivity contribution < 1.29 is 14.4 Å². The molecule has 1 aromatic rings. The van der Waals surface area contributed by atoms with Crippen molar-refractivity contribution in [2.24, 2.45) is 11.3 Å². The fraction of sp³-hybridized carbons (Fsp3) is 0.526. The molecular weight excluding hydrogens is 304 g/mol. The summed E-state index contributed by atoms with van der Waals surface area (Å²) in [6, 6.07) is 6.96. The normalized spacial score (nSPS) is 15.9. The van der Waals surface area contributed by atoms with Gasteiger partial charge in [-0.1, -0.05) is 32.9 Å². The third kappa shape index (κ3) is 4.43. The van der Waals surface area contributed by atoms with Gasteiger partial charge in [-0.2, -0.15) is 0 Å². The zero-order valence-corrected chi connectivity index (χ0v) is 14.9. The summed E-state index contributed by atoms with van der Waals surface area (Å²) in [6.07, 6.45) is 1.33. The second-order valence-electron chi connectivity index (χ2n) is 7.44. The van der Waals surface area contributed by atoms with Gasteiger partial charge in [-0.05, 0) is 31.9 Å². The number of carbonyl (C=O) groups is 3. The van der Waals surface area contributed by atoms with E-state index in [0.717, 1.165) is 0 Å². The maximum atomic E-state index is 12.4. The highest BCUT2D eigenvalue weighted by atomic mass is 16.2. The summed E-state index contributed by atoms with van der Waals surface area (Å²) in [4.78, 5) is 38.0. The van der Waals surface area contributed by atoms with Gasteiger partial charge in [0.1, 0.15) is 0 Å². The van der Waals surface area contributed by atoms with E-state index in [2.05, 4.69) is 5.32 Å². The summed E-state index contributed by atoms with van der Waals surface area (Å²) in [5.74, 6) is -0.0378. The first-order chi connectivity index (χ1) is 11.2. The minimum Gasteiger partial charge on any atom is -0.342 e. The van der Waals surface area contributed by atoms with E-state index in [1.165, 1.54) is 6.92 Å². The molecule has 1 heterocycles. The van der Waals surface area contributed by atoms with Gasteiger partial charge in [0.2, 0.25) is 11.8 Å². The van der Waals surface area contributed by atoms with Gasteiger partial charge in [-0.15, -0.1) is 0 Å². The standard InChI is InChI=1S/C19H26N2O3/c1-13(22)15-6-5-7-16(12-15)20-17(23)14-8-10-21(11-9-14)18(24)19(2,3)4/h5-7,12,14H,8-11H2,1-4H3,(H,20,23). The highest BCUT2D eigenvalue weighted by molar-refractivity contribution is 5.97. The number of anilines is 1. The Labute approximate surface area is 143 Å². The molecule has 1 aliphatic heterocycles. The number of rotatable bonds is 3. The average Bonchev–Trinajstić information content (AvgIpc) is 2.53. The predicted octanol–water partition coefficient (Wildman–Crippen LogP) is 3.11. The summed E-state index contributed by atoms with van der Waals surface area (Å²) in [6.45, 7) is 8.47. The molecule has 1 aliphatic rings. The molecule has 5 heteroatoms. The third-order valence-corrected chi connectivity index (χ3v) is 4.33. The van der Waals surface area contributed by atoms with Crippen molar-refractivity contribution in [3.8, 4) is 0 Å². The summed E-state index contributed by atoms with van der Waals surface area (Å²) in [5.41, 5.74) is 0.835. The van der Waals surface area contributed by atoms with Crippen LogP contribution in [-0.4, -0.2) is 35.6 Å². The van der Waals surface area contributed by atoms with Gasteiger partial charge in [0.15, 0.2) is 5.78 Å². The van der Waals surface area contributed by atoms with E-state index in [1.54, 1.807) is 24.3 Å². The van der Waals surface area contributed by atoms with Crippen LogP contribution in [0.2, 0.25) is 0 Å². The molecule has 1 aromatic carbocycles. The molecule has 0 bridgehead atoms. The number of piperidine rings is 1. The van der Waals surface area contributed by atoms with E-state index < -0.39 is 0 Å². The van der Waals surface area contributed by atoms with Gasteiger partial charge in [0, 0.05) is 35.7 Å². The number of hydrogen-bond acceptors (Lipinski definition) is 3. The van der Waals surface area contributed by atoms with Gasteiger partial charge >= 0.3 is 0 Å². The van der Waals surface area contributed by atoms with Gasteiger partial charge in [0.05, 0.1) is 0 Å². The summed E-state index contributed by atoms with van der Waals surface area (Å²) >= 11 is 0. The van der Waals surface area contributed by atoms with Crippen LogP contribution in [0.1, 0.15) is 50.9 Å². The van der Waals surface area contributed by atoms with Gasteiger partial charge in [-0.3, -0.25) is 14.4 Å². The minimum absolute atomic E-state index is 0.0277. The molecule has 1 N–H and O–H groups in total. The number of likely N-dealkylation sites (tertiary alicyclic amines) is 1. The number of carbonyl (C=O) groups excluding carboxylic acids is 3. The SMILES string of the molecule is CC(=O)c1cccc(NC(=O)C2CCN(C(=O)C(C)(C)C)CC2)c1. The summed E-state index contributed by atoms with van der Waals surface area (Å²) in [7, 11) is 0. The molecular formula is C19H26N2O3. The Morgan fingerprint density at radius 2 is 1.75 bits per heavy atom. The largest absolute Gasteiger partial charge is 0.342 e. The zero-order chi connectivity index (χ0) is 17.9. The Bertz CT molecular complexity index is 638. The van der Waals surface area contributed by atoms with Gasteiger partial charge in [-0.25, -0.2) is 0 Å². The maximum Gasteiger partial charge on any atom is 0.227 e. The lowest BCUT2D eigenvalue weighted by atomic mass is 9.90. The third-order valence-electron chi connectivity index (χ3n) is 4.33. The van der Waals surface area contributed by atoms with Crippen LogP contribution in [-0.2, 0) is 9.59 Å². The van der Waals surface area contributed by atoms with Crippen molar-refractivity contribution in [3.05, 3.63) is 29.8 Å². The molecule has 0 radical (unpaired) electrons. The molecule has 24 heavy (non-hydrogen) atoms. The molecule has 2 amide bonds. The Kier molecular flexibility index (Phi) is 5.42. The number of Topliss-reactive ketones (excluding diaryl/α,β-unsaturated/α-hetero) is 1. The van der Waals surface area contributed by atoms with Crippen molar-refractivity contribution in [2.45, 2.75) is 40.5 Å². The first kappa shape index (κ1) is 18.2. The lowest BCUT2D eigenvalue weighted by molar-refractivity contribution is -0.142. The number of hydrogen-bond donors (Lipinski definition) is 1. The van der Waals surface area contributed by atoms with E-state index >= 15 is 0 Å². The molecule has 0 spiro atoms. The molecule has 0 aromatic heterocycles. The smallest absolute Gasteiger partial charge is 0.227 e. The number of nitrogens with one attached hydrogen (secondary N) is 1. The van der Waals surface area contributed by atoms with E-state index in [9.17, 15) is 14.4 Å². The Hall–Kier alpha value is -2.17. The van der Waals surface area contributed by atoms with Crippen molar-refractivity contribution in [1.29, 1.82) is 0 Å². The number of amides is 2. The fourth-order valence-electron chi connectivity index (χ4n) is 2.88. The van der Waals surface area contributed by atoms with Gasteiger partial charge in [0.25, 0.3) is 0 Å². The Balaban J connectivity index is 1.93. The maximum absolute atomic E-state index is 12.4. The zero-order valence-electron chi connectivity index (χ0n) is 14.9. The van der Waals surface area contributed by atoms with E-state index in [0.29, 0.717) is 37.2 Å². The number of ketones is 1. The molecule has 1 fully saturated rings. The van der Waals surface area contributed by atoms with Crippen molar-refractivity contribution in [3.63, 3.8) is 0 Å². The first-order valence-electron chi connectivity index (χ1n) is 8.39. The van der Waals surface area contributed by atoms with Crippen molar-refractivity contribution >= 4 is 23.3 Å².